The third kappa shape index (κ3) is 3.83. The zero-order chi connectivity index (χ0) is 21.4. The van der Waals surface area contributed by atoms with Crippen molar-refractivity contribution in [2.75, 3.05) is 5.32 Å². The smallest absolute Gasteiger partial charge is 0.251 e. The summed E-state index contributed by atoms with van der Waals surface area (Å²) in [6.07, 6.45) is 6.17. The molecule has 7 nitrogen and oxygen atoms in total. The molecule has 5 rings (SSSR count). The van der Waals surface area contributed by atoms with Gasteiger partial charge in [0.25, 0.3) is 5.91 Å². The number of hydrogen-bond donors (Lipinski definition) is 2. The highest BCUT2D eigenvalue weighted by Gasteiger charge is 2.18. The van der Waals surface area contributed by atoms with Gasteiger partial charge in [-0.3, -0.25) is 4.79 Å². The molecule has 3 heterocycles. The van der Waals surface area contributed by atoms with Crippen LogP contribution in [0.3, 0.4) is 0 Å². The van der Waals surface area contributed by atoms with Crippen molar-refractivity contribution < 1.29 is 4.79 Å². The predicted octanol–water partition coefficient (Wildman–Crippen LogP) is 4.54. The maximum Gasteiger partial charge on any atom is 0.251 e. The lowest BCUT2D eigenvalue weighted by Gasteiger charge is -2.12. The normalized spacial score (nSPS) is 14.4. The van der Waals surface area contributed by atoms with E-state index in [1.54, 1.807) is 17.7 Å². The molecule has 1 fully saturated rings. The largest absolute Gasteiger partial charge is 0.365 e. The topological polar surface area (TPSA) is 92.7 Å². The van der Waals surface area contributed by atoms with Crippen molar-refractivity contribution in [1.29, 1.82) is 0 Å². The van der Waals surface area contributed by atoms with Crippen molar-refractivity contribution in [3.8, 4) is 0 Å². The molecule has 1 aliphatic carbocycles. The van der Waals surface area contributed by atoms with Gasteiger partial charge in [-0.05, 0) is 49.9 Å². The van der Waals surface area contributed by atoms with Crippen molar-refractivity contribution in [2.24, 2.45) is 0 Å². The number of nitrogens with zero attached hydrogens (tertiary/aromatic N) is 4. The van der Waals surface area contributed by atoms with Crippen molar-refractivity contribution in [3.63, 3.8) is 0 Å². The molecule has 1 saturated carbocycles. The summed E-state index contributed by atoms with van der Waals surface area (Å²) in [5, 5.41) is 16.2. The number of benzene rings is 1. The van der Waals surface area contributed by atoms with Gasteiger partial charge >= 0.3 is 0 Å². The number of aryl methyl sites for hydroxylation is 2. The van der Waals surface area contributed by atoms with Gasteiger partial charge < -0.3 is 10.6 Å². The Morgan fingerprint density at radius 1 is 1.10 bits per heavy atom. The predicted molar refractivity (Wildman–Crippen MR) is 123 cm³/mol. The number of carbonyl (C=O) groups excluding carboxylic acids is 1. The lowest BCUT2D eigenvalue weighted by Crippen LogP contribution is -2.32. The number of hydrogen-bond acceptors (Lipinski definition) is 7. The minimum Gasteiger partial charge on any atom is -0.365 e. The molecule has 1 amide bonds. The molecule has 3 aromatic heterocycles. The van der Waals surface area contributed by atoms with Crippen LogP contribution in [0.4, 0.5) is 5.82 Å². The highest BCUT2D eigenvalue weighted by molar-refractivity contribution is 7.25. The fourth-order valence-corrected chi connectivity index (χ4v) is 5.21. The Kier molecular flexibility index (Phi) is 5.23. The van der Waals surface area contributed by atoms with Gasteiger partial charge in [0.2, 0.25) is 0 Å². The Morgan fingerprint density at radius 2 is 1.87 bits per heavy atom. The summed E-state index contributed by atoms with van der Waals surface area (Å²) in [6.45, 7) is 4.62. The van der Waals surface area contributed by atoms with E-state index in [4.69, 9.17) is 0 Å². The monoisotopic (exact) mass is 432 g/mol. The molecule has 1 aliphatic rings. The molecule has 0 atom stereocenters. The third-order valence-electron chi connectivity index (χ3n) is 6.03. The Hall–Kier alpha value is -3.13. The SMILES string of the molecule is Cc1nnc2sc3c(NCc4ccc(C(=O)NC5CCCC5)cc4)ncnc3c2c1C. The van der Waals surface area contributed by atoms with Crippen LogP contribution in [-0.2, 0) is 6.54 Å². The maximum atomic E-state index is 12.4. The Balaban J connectivity index is 1.33. The highest BCUT2D eigenvalue weighted by atomic mass is 32.1. The fourth-order valence-electron chi connectivity index (χ4n) is 4.11. The van der Waals surface area contributed by atoms with Gasteiger partial charge in [-0.15, -0.1) is 16.4 Å². The van der Waals surface area contributed by atoms with Gasteiger partial charge in [0.15, 0.2) is 0 Å². The van der Waals surface area contributed by atoms with E-state index in [9.17, 15) is 4.79 Å². The van der Waals surface area contributed by atoms with E-state index in [1.807, 2.05) is 31.2 Å². The van der Waals surface area contributed by atoms with E-state index < -0.39 is 0 Å². The second-order valence-corrected chi connectivity index (χ2v) is 9.10. The van der Waals surface area contributed by atoms with Crippen LogP contribution >= 0.6 is 11.3 Å². The molecule has 4 aromatic rings. The summed E-state index contributed by atoms with van der Waals surface area (Å²) < 4.78 is 0.980. The Labute approximate surface area is 184 Å². The number of anilines is 1. The molecule has 2 N–H and O–H groups in total. The highest BCUT2D eigenvalue weighted by Crippen LogP contribution is 2.36. The van der Waals surface area contributed by atoms with Crippen LogP contribution in [0, 0.1) is 13.8 Å². The lowest BCUT2D eigenvalue weighted by molar-refractivity contribution is 0.0938. The first-order chi connectivity index (χ1) is 15.1. The maximum absolute atomic E-state index is 12.4. The van der Waals surface area contributed by atoms with Crippen LogP contribution in [0.15, 0.2) is 30.6 Å². The second-order valence-electron chi connectivity index (χ2n) is 8.10. The summed E-state index contributed by atoms with van der Waals surface area (Å²) in [5.41, 5.74) is 4.71. The van der Waals surface area contributed by atoms with E-state index in [0.717, 1.165) is 55.9 Å². The van der Waals surface area contributed by atoms with E-state index in [2.05, 4.69) is 37.7 Å². The number of amides is 1. The van der Waals surface area contributed by atoms with E-state index in [-0.39, 0.29) is 5.91 Å². The molecule has 0 spiro atoms. The standard InChI is InChI=1S/C23H24N6OS/c1-13-14(2)28-29-23-18(13)19-20(31-23)21(26-12-25-19)24-11-15-7-9-16(10-8-15)22(30)27-17-5-3-4-6-17/h7-10,12,17H,3-6,11H2,1-2H3,(H,27,30)(H,24,25,26). The second kappa shape index (κ2) is 8.19. The number of thiophene rings is 1. The summed E-state index contributed by atoms with van der Waals surface area (Å²) in [4.78, 5) is 22.3. The molecule has 0 aliphatic heterocycles. The van der Waals surface area contributed by atoms with E-state index >= 15 is 0 Å². The summed E-state index contributed by atoms with van der Waals surface area (Å²) in [5.74, 6) is 0.800. The number of carbonyl (C=O) groups is 1. The Bertz CT molecular complexity index is 1260. The van der Waals surface area contributed by atoms with Crippen molar-refractivity contribution >= 4 is 43.5 Å². The van der Waals surface area contributed by atoms with Crippen molar-refractivity contribution in [1.82, 2.24) is 25.5 Å². The minimum absolute atomic E-state index is 0.0148. The summed E-state index contributed by atoms with van der Waals surface area (Å²) >= 11 is 1.55. The molecule has 31 heavy (non-hydrogen) atoms. The molecule has 0 unspecified atom stereocenters. The van der Waals surface area contributed by atoms with Crippen LogP contribution in [0.2, 0.25) is 0 Å². The molecular weight excluding hydrogens is 408 g/mol. The minimum atomic E-state index is 0.0148. The van der Waals surface area contributed by atoms with Gasteiger partial charge in [-0.2, -0.15) is 5.10 Å². The Morgan fingerprint density at radius 3 is 2.65 bits per heavy atom. The van der Waals surface area contributed by atoms with Crippen LogP contribution < -0.4 is 10.6 Å². The van der Waals surface area contributed by atoms with Crippen LogP contribution in [-0.4, -0.2) is 32.1 Å². The first-order valence-electron chi connectivity index (χ1n) is 10.6. The first-order valence-corrected chi connectivity index (χ1v) is 11.4. The van der Waals surface area contributed by atoms with Crippen molar-refractivity contribution in [2.45, 2.75) is 52.1 Å². The van der Waals surface area contributed by atoms with Gasteiger partial charge in [0.05, 0.1) is 15.9 Å². The first kappa shape index (κ1) is 19.8. The molecule has 1 aromatic carbocycles. The number of nitrogens with one attached hydrogen (secondary N) is 2. The van der Waals surface area contributed by atoms with Crippen LogP contribution in [0.1, 0.15) is 52.9 Å². The quantitative estimate of drug-likeness (QED) is 0.481. The number of aromatic nitrogens is 4. The average molecular weight is 433 g/mol. The van der Waals surface area contributed by atoms with Gasteiger partial charge in [-0.1, -0.05) is 25.0 Å². The van der Waals surface area contributed by atoms with Crippen LogP contribution in [0.5, 0.6) is 0 Å². The van der Waals surface area contributed by atoms with Crippen molar-refractivity contribution in [3.05, 3.63) is 53.0 Å². The van der Waals surface area contributed by atoms with E-state index in [1.165, 1.54) is 12.8 Å². The van der Waals surface area contributed by atoms with Gasteiger partial charge in [-0.25, -0.2) is 9.97 Å². The summed E-state index contributed by atoms with van der Waals surface area (Å²) in [7, 11) is 0. The lowest BCUT2D eigenvalue weighted by atomic mass is 10.1. The zero-order valence-corrected chi connectivity index (χ0v) is 18.4. The average Bonchev–Trinajstić information content (AvgIpc) is 3.43. The molecule has 158 valence electrons. The van der Waals surface area contributed by atoms with Gasteiger partial charge in [0.1, 0.15) is 17.0 Å². The zero-order valence-electron chi connectivity index (χ0n) is 17.6. The number of rotatable bonds is 5. The van der Waals surface area contributed by atoms with Gasteiger partial charge in [0, 0.05) is 23.5 Å². The van der Waals surface area contributed by atoms with E-state index in [0.29, 0.717) is 18.2 Å². The fraction of sp³-hybridized carbons (Fsp3) is 0.348. The molecule has 8 heteroatoms. The molecule has 0 radical (unpaired) electrons. The van der Waals surface area contributed by atoms with Crippen LogP contribution in [0.25, 0.3) is 20.4 Å². The molecular formula is C23H24N6OS. The third-order valence-corrected chi connectivity index (χ3v) is 7.10. The summed E-state index contributed by atoms with van der Waals surface area (Å²) in [6, 6.07) is 8.07. The molecule has 0 saturated heterocycles. The number of fused-ring (bicyclic) bond motifs is 3. The molecule has 0 bridgehead atoms.